The fraction of sp³-hybridized carbons (Fsp3) is 0.966. The first kappa shape index (κ1) is 30.1. The van der Waals surface area contributed by atoms with Crippen LogP contribution in [0.15, 0.2) is 0 Å². The number of cyclic esters (lactones) is 1. The molecule has 2 aliphatic heterocycles. The highest BCUT2D eigenvalue weighted by molar-refractivity contribution is 5.71. The van der Waals surface area contributed by atoms with Gasteiger partial charge in [0.2, 0.25) is 0 Å². The first-order valence-corrected chi connectivity index (χ1v) is 15.1. The van der Waals surface area contributed by atoms with Crippen LogP contribution in [0, 0.1) is 34.5 Å². The van der Waals surface area contributed by atoms with Gasteiger partial charge in [0, 0.05) is 30.1 Å². The molecule has 2 saturated heterocycles. The Morgan fingerprint density at radius 2 is 1.68 bits per heavy atom. The van der Waals surface area contributed by atoms with E-state index in [4.69, 9.17) is 14.2 Å². The van der Waals surface area contributed by atoms with Gasteiger partial charge in [0.1, 0.15) is 18.3 Å². The summed E-state index contributed by atoms with van der Waals surface area (Å²) in [7, 11) is 0. The number of aliphatic hydroxyl groups excluding tert-OH is 6. The molecular formula is C29H46O12. The Morgan fingerprint density at radius 3 is 2.34 bits per heavy atom. The van der Waals surface area contributed by atoms with E-state index < -0.39 is 89.5 Å². The van der Waals surface area contributed by atoms with Crippen LogP contribution in [0.5, 0.6) is 0 Å². The lowest BCUT2D eigenvalue weighted by Gasteiger charge is -2.68. The standard InChI is InChI=1S/C29H46O12/c1-13-22(34)23(35)24(36)25(40-13)41-15-8-19(32)28(12-30)21-17(3-5-27(28,37)9-15)29(38)6-4-16(14-7-20(33)39-11-14)26(29,2)10-18(21)31/h13-19,21-25,30-32,34-38H,3-12H2,1-2H3/t13-,14+,15-,16+,17+,18+,19+,21+,22-,23+,24+,25-,26+,27-,28+,29-/m0/s1. The van der Waals surface area contributed by atoms with Gasteiger partial charge in [-0.3, -0.25) is 4.79 Å². The Morgan fingerprint density at radius 1 is 0.976 bits per heavy atom. The molecule has 12 heteroatoms. The van der Waals surface area contributed by atoms with Gasteiger partial charge in [0.15, 0.2) is 6.29 Å². The lowest BCUT2D eigenvalue weighted by Crippen LogP contribution is -2.76. The molecule has 8 N–H and O–H groups in total. The van der Waals surface area contributed by atoms with Crippen molar-refractivity contribution in [1.82, 2.24) is 0 Å². The van der Waals surface area contributed by atoms with Crippen LogP contribution in [0.25, 0.3) is 0 Å². The summed E-state index contributed by atoms with van der Waals surface area (Å²) >= 11 is 0. The van der Waals surface area contributed by atoms with Crippen molar-refractivity contribution in [3.8, 4) is 0 Å². The van der Waals surface area contributed by atoms with Crippen LogP contribution in [0.1, 0.15) is 65.2 Å². The Kier molecular flexibility index (Phi) is 7.38. The Balaban J connectivity index is 1.27. The maximum absolute atomic E-state index is 12.4. The van der Waals surface area contributed by atoms with Crippen LogP contribution in [-0.2, 0) is 19.0 Å². The second-order valence-electron chi connectivity index (χ2n) is 14.2. The number of aliphatic hydroxyl groups is 8. The lowest BCUT2D eigenvalue weighted by atomic mass is 9.40. The normalized spacial score (nSPS) is 58.8. The maximum atomic E-state index is 12.4. The SMILES string of the molecule is C[C@@H]1O[C@@H](O[C@H]2C[C@@H](O)[C@]3(CO)[C@H]4[C@H](O)C[C@]5(C)[C@@H]([C@H]6COC(=O)C6)CC[C@]5(O)[C@@H]4CC[C@]3(O)C2)[C@H](O)[C@H](O)[C@H]1O. The minimum absolute atomic E-state index is 0.0278. The Hall–Kier alpha value is -0.930. The smallest absolute Gasteiger partial charge is 0.306 e. The highest BCUT2D eigenvalue weighted by atomic mass is 16.7. The summed E-state index contributed by atoms with van der Waals surface area (Å²) in [6.07, 6.45) is -7.60. The summed E-state index contributed by atoms with van der Waals surface area (Å²) in [5.74, 6) is -1.63. The average Bonchev–Trinajstić information content (AvgIpc) is 3.45. The average molecular weight is 587 g/mol. The van der Waals surface area contributed by atoms with Crippen LogP contribution in [0.3, 0.4) is 0 Å². The number of hydrogen-bond donors (Lipinski definition) is 8. The molecule has 0 bridgehead atoms. The fourth-order valence-corrected chi connectivity index (χ4v) is 10.5. The predicted octanol–water partition coefficient (Wildman–Crippen LogP) is -1.44. The molecule has 0 amide bonds. The molecule has 0 aromatic heterocycles. The van der Waals surface area contributed by atoms with Crippen molar-refractivity contribution >= 4 is 5.97 Å². The summed E-state index contributed by atoms with van der Waals surface area (Å²) in [5.41, 5.74) is -5.13. The monoisotopic (exact) mass is 586 g/mol. The minimum Gasteiger partial charge on any atom is -0.465 e. The summed E-state index contributed by atoms with van der Waals surface area (Å²) in [6.45, 7) is 3.20. The van der Waals surface area contributed by atoms with Gasteiger partial charge in [-0.1, -0.05) is 6.92 Å². The van der Waals surface area contributed by atoms with Gasteiger partial charge < -0.3 is 55.1 Å². The number of ether oxygens (including phenoxy) is 3. The van der Waals surface area contributed by atoms with E-state index in [-0.39, 0.29) is 49.9 Å². The van der Waals surface area contributed by atoms with E-state index in [0.29, 0.717) is 25.9 Å². The predicted molar refractivity (Wildman–Crippen MR) is 139 cm³/mol. The van der Waals surface area contributed by atoms with Crippen molar-refractivity contribution in [2.75, 3.05) is 13.2 Å². The van der Waals surface area contributed by atoms with Gasteiger partial charge in [-0.2, -0.15) is 0 Å². The zero-order chi connectivity index (χ0) is 29.7. The summed E-state index contributed by atoms with van der Waals surface area (Å²) < 4.78 is 16.8. The quantitative estimate of drug-likeness (QED) is 0.141. The zero-order valence-corrected chi connectivity index (χ0v) is 23.7. The summed E-state index contributed by atoms with van der Waals surface area (Å²) in [5, 5.41) is 89.7. The molecule has 6 fully saturated rings. The van der Waals surface area contributed by atoms with Crippen molar-refractivity contribution in [3.63, 3.8) is 0 Å². The molecule has 6 aliphatic rings. The third-order valence-corrected chi connectivity index (χ3v) is 12.6. The number of fused-ring (bicyclic) bond motifs is 5. The van der Waals surface area contributed by atoms with Crippen molar-refractivity contribution in [2.24, 2.45) is 34.5 Å². The van der Waals surface area contributed by atoms with Crippen LogP contribution < -0.4 is 0 Å². The molecule has 12 nitrogen and oxygen atoms in total. The van der Waals surface area contributed by atoms with Crippen LogP contribution in [0.4, 0.5) is 0 Å². The molecule has 0 aromatic rings. The summed E-state index contributed by atoms with van der Waals surface area (Å²) in [4.78, 5) is 11.9. The van der Waals surface area contributed by atoms with E-state index in [1.807, 2.05) is 6.92 Å². The minimum atomic E-state index is -1.66. The van der Waals surface area contributed by atoms with E-state index in [9.17, 15) is 45.6 Å². The highest BCUT2D eigenvalue weighted by Crippen LogP contribution is 2.71. The number of esters is 1. The second-order valence-corrected chi connectivity index (χ2v) is 14.2. The molecule has 6 rings (SSSR count). The lowest BCUT2D eigenvalue weighted by molar-refractivity contribution is -0.342. The summed E-state index contributed by atoms with van der Waals surface area (Å²) in [6, 6.07) is 0. The second kappa shape index (κ2) is 10.0. The van der Waals surface area contributed by atoms with Gasteiger partial charge >= 0.3 is 5.97 Å². The van der Waals surface area contributed by atoms with Crippen molar-refractivity contribution < 1.29 is 59.9 Å². The third-order valence-electron chi connectivity index (χ3n) is 12.6. The molecule has 41 heavy (non-hydrogen) atoms. The van der Waals surface area contributed by atoms with Crippen LogP contribution in [0.2, 0.25) is 0 Å². The Bertz CT molecular complexity index is 1030. The molecular weight excluding hydrogens is 540 g/mol. The number of rotatable bonds is 4. The molecule has 2 heterocycles. The first-order chi connectivity index (χ1) is 19.2. The molecule has 0 aromatic carbocycles. The third kappa shape index (κ3) is 4.05. The maximum Gasteiger partial charge on any atom is 0.306 e. The van der Waals surface area contributed by atoms with E-state index in [1.54, 1.807) is 0 Å². The Labute approximate surface area is 239 Å². The highest BCUT2D eigenvalue weighted by Gasteiger charge is 2.75. The molecule has 0 radical (unpaired) electrons. The molecule has 234 valence electrons. The van der Waals surface area contributed by atoms with Crippen LogP contribution >= 0.6 is 0 Å². The van der Waals surface area contributed by atoms with Crippen molar-refractivity contribution in [1.29, 1.82) is 0 Å². The molecule has 16 atom stereocenters. The van der Waals surface area contributed by atoms with E-state index in [0.717, 1.165) is 0 Å². The van der Waals surface area contributed by atoms with Crippen molar-refractivity contribution in [2.45, 2.75) is 125 Å². The van der Waals surface area contributed by atoms with E-state index in [1.165, 1.54) is 6.92 Å². The molecule has 0 unspecified atom stereocenters. The van der Waals surface area contributed by atoms with E-state index >= 15 is 0 Å². The van der Waals surface area contributed by atoms with E-state index in [2.05, 4.69) is 0 Å². The van der Waals surface area contributed by atoms with Gasteiger partial charge in [-0.25, -0.2) is 0 Å². The van der Waals surface area contributed by atoms with Gasteiger partial charge in [-0.15, -0.1) is 0 Å². The van der Waals surface area contributed by atoms with Gasteiger partial charge in [-0.05, 0) is 50.9 Å². The van der Waals surface area contributed by atoms with Gasteiger partial charge in [0.25, 0.3) is 0 Å². The number of carbonyl (C=O) groups is 1. The first-order valence-electron chi connectivity index (χ1n) is 15.1. The number of carbonyl (C=O) groups excluding carboxylic acids is 1. The number of hydrogen-bond acceptors (Lipinski definition) is 12. The fourth-order valence-electron chi connectivity index (χ4n) is 10.5. The largest absolute Gasteiger partial charge is 0.465 e. The molecule has 0 spiro atoms. The topological polar surface area (TPSA) is 207 Å². The molecule has 4 saturated carbocycles. The van der Waals surface area contributed by atoms with Crippen LogP contribution in [-0.4, -0.2) is 120 Å². The molecule has 4 aliphatic carbocycles. The van der Waals surface area contributed by atoms with Crippen molar-refractivity contribution in [3.05, 3.63) is 0 Å². The zero-order valence-electron chi connectivity index (χ0n) is 23.7. The van der Waals surface area contributed by atoms with Gasteiger partial charge in [0.05, 0.1) is 60.7 Å².